The molecule has 2 aromatic heterocycles. The van der Waals surface area contributed by atoms with E-state index in [-0.39, 0.29) is 11.2 Å². The lowest BCUT2D eigenvalue weighted by Crippen LogP contribution is -2.51. The van der Waals surface area contributed by atoms with Crippen molar-refractivity contribution in [3.05, 3.63) is 41.8 Å². The van der Waals surface area contributed by atoms with Gasteiger partial charge in [0.15, 0.2) is 5.65 Å². The van der Waals surface area contributed by atoms with Crippen LogP contribution in [0, 0.1) is 0 Å². The summed E-state index contributed by atoms with van der Waals surface area (Å²) in [5, 5.41) is 5.77. The zero-order valence-electron chi connectivity index (χ0n) is 15.7. The van der Waals surface area contributed by atoms with E-state index in [9.17, 15) is 4.79 Å². The predicted molar refractivity (Wildman–Crippen MR) is 112 cm³/mol. The number of rotatable bonds is 4. The maximum absolute atomic E-state index is 12.8. The van der Waals surface area contributed by atoms with Crippen molar-refractivity contribution in [3.63, 3.8) is 0 Å². The average molecular weight is 417 g/mol. The number of hydrogen-bond acceptors (Lipinski definition) is 6. The third kappa shape index (κ3) is 3.79. The summed E-state index contributed by atoms with van der Waals surface area (Å²) < 4.78 is 1.75. The second-order valence-electron chi connectivity index (χ2n) is 6.73. The van der Waals surface area contributed by atoms with Gasteiger partial charge in [0.05, 0.1) is 16.8 Å². The van der Waals surface area contributed by atoms with Gasteiger partial charge in [-0.1, -0.05) is 11.6 Å². The number of anilines is 1. The molecule has 1 atom stereocenters. The van der Waals surface area contributed by atoms with Crippen LogP contribution in [-0.4, -0.2) is 62.0 Å². The zero-order valence-corrected chi connectivity index (χ0v) is 17.3. The largest absolute Gasteiger partial charge is 0.352 e. The van der Waals surface area contributed by atoms with Gasteiger partial charge in [0.2, 0.25) is 5.91 Å². The second kappa shape index (κ2) is 7.97. The van der Waals surface area contributed by atoms with Crippen molar-refractivity contribution in [2.24, 2.45) is 7.05 Å². The number of piperazine rings is 1. The van der Waals surface area contributed by atoms with Crippen LogP contribution < -0.4 is 4.90 Å². The summed E-state index contributed by atoms with van der Waals surface area (Å²) in [6.07, 6.45) is 3.37. The predicted octanol–water partition coefficient (Wildman–Crippen LogP) is 2.85. The number of aryl methyl sites for hydroxylation is 1. The molecule has 0 spiro atoms. The molecular formula is C19H21ClN6OS. The van der Waals surface area contributed by atoms with E-state index in [1.54, 1.807) is 29.0 Å². The van der Waals surface area contributed by atoms with E-state index in [2.05, 4.69) is 20.0 Å². The Bertz CT molecular complexity index is 984. The minimum atomic E-state index is -0.142. The fourth-order valence-corrected chi connectivity index (χ4v) is 4.44. The van der Waals surface area contributed by atoms with Gasteiger partial charge in [0.25, 0.3) is 0 Å². The van der Waals surface area contributed by atoms with Gasteiger partial charge in [-0.15, -0.1) is 11.8 Å². The number of fused-ring (bicyclic) bond motifs is 1. The number of amides is 1. The Hall–Kier alpha value is -2.32. The van der Waals surface area contributed by atoms with Crippen LogP contribution in [0.4, 0.5) is 5.82 Å². The SMILES string of the molecule is CC(Sc1ccc(Cl)cc1)C(=O)N1CCN(c2ncnc3c2cnn3C)CC1. The topological polar surface area (TPSA) is 67.2 Å². The quantitative estimate of drug-likeness (QED) is 0.609. The molecule has 1 aliphatic rings. The Morgan fingerprint density at radius 1 is 1.14 bits per heavy atom. The number of hydrogen-bond donors (Lipinski definition) is 0. The van der Waals surface area contributed by atoms with Crippen molar-refractivity contribution in [2.45, 2.75) is 17.1 Å². The van der Waals surface area contributed by atoms with Gasteiger partial charge in [-0.25, -0.2) is 9.97 Å². The van der Waals surface area contributed by atoms with E-state index in [0.29, 0.717) is 18.1 Å². The van der Waals surface area contributed by atoms with Crippen molar-refractivity contribution < 1.29 is 4.79 Å². The number of carbonyl (C=O) groups is 1. The van der Waals surface area contributed by atoms with Crippen LogP contribution in [-0.2, 0) is 11.8 Å². The van der Waals surface area contributed by atoms with Crippen LogP contribution in [0.5, 0.6) is 0 Å². The summed E-state index contributed by atoms with van der Waals surface area (Å²) in [6.45, 7) is 4.79. The molecule has 1 aromatic carbocycles. The van der Waals surface area contributed by atoms with Gasteiger partial charge in [-0.3, -0.25) is 9.48 Å². The lowest BCUT2D eigenvalue weighted by Gasteiger charge is -2.36. The van der Waals surface area contributed by atoms with Crippen molar-refractivity contribution in [2.75, 3.05) is 31.1 Å². The number of thioether (sulfide) groups is 1. The molecule has 3 heterocycles. The molecule has 1 amide bonds. The zero-order chi connectivity index (χ0) is 19.7. The highest BCUT2D eigenvalue weighted by Crippen LogP contribution is 2.27. The third-order valence-corrected chi connectivity index (χ3v) is 6.23. The van der Waals surface area contributed by atoms with E-state index in [1.165, 1.54) is 0 Å². The van der Waals surface area contributed by atoms with Crippen LogP contribution in [0.2, 0.25) is 5.02 Å². The van der Waals surface area contributed by atoms with E-state index >= 15 is 0 Å². The standard InChI is InChI=1S/C19H21ClN6OS/c1-13(28-15-5-3-14(20)4-6-15)19(27)26-9-7-25(8-10-26)18-16-11-23-24(2)17(16)21-12-22-18/h3-6,11-13H,7-10H2,1-2H3. The Balaban J connectivity index is 1.39. The highest BCUT2D eigenvalue weighted by atomic mass is 35.5. The molecule has 9 heteroatoms. The lowest BCUT2D eigenvalue weighted by atomic mass is 10.2. The molecule has 0 bridgehead atoms. The van der Waals surface area contributed by atoms with Crippen molar-refractivity contribution in [1.29, 1.82) is 0 Å². The van der Waals surface area contributed by atoms with E-state index in [0.717, 1.165) is 34.8 Å². The summed E-state index contributed by atoms with van der Waals surface area (Å²) in [5.41, 5.74) is 0.816. The first-order valence-corrected chi connectivity index (χ1v) is 10.4. The molecule has 0 aliphatic carbocycles. The highest BCUT2D eigenvalue weighted by Gasteiger charge is 2.27. The molecule has 7 nitrogen and oxygen atoms in total. The number of benzene rings is 1. The van der Waals surface area contributed by atoms with Crippen LogP contribution in [0.25, 0.3) is 11.0 Å². The molecule has 0 saturated carbocycles. The average Bonchev–Trinajstić information content (AvgIpc) is 3.10. The normalized spacial score (nSPS) is 15.8. The maximum Gasteiger partial charge on any atom is 0.235 e. The fraction of sp³-hybridized carbons (Fsp3) is 0.368. The van der Waals surface area contributed by atoms with Crippen molar-refractivity contribution >= 4 is 46.1 Å². The maximum atomic E-state index is 12.8. The van der Waals surface area contributed by atoms with Crippen LogP contribution in [0.3, 0.4) is 0 Å². The van der Waals surface area contributed by atoms with Gasteiger partial charge in [0, 0.05) is 43.1 Å². The first-order valence-electron chi connectivity index (χ1n) is 9.11. The number of carbonyl (C=O) groups excluding carboxylic acids is 1. The molecule has 3 aromatic rings. The van der Waals surface area contributed by atoms with Crippen LogP contribution in [0.15, 0.2) is 41.7 Å². The summed E-state index contributed by atoms with van der Waals surface area (Å²) in [6, 6.07) is 7.59. The molecule has 1 unspecified atom stereocenters. The molecule has 0 radical (unpaired) electrons. The summed E-state index contributed by atoms with van der Waals surface area (Å²) in [5.74, 6) is 1.04. The summed E-state index contributed by atoms with van der Waals surface area (Å²) in [7, 11) is 1.87. The van der Waals surface area contributed by atoms with Gasteiger partial charge in [-0.2, -0.15) is 5.10 Å². The summed E-state index contributed by atoms with van der Waals surface area (Å²) in [4.78, 5) is 26.8. The third-order valence-electron chi connectivity index (χ3n) is 4.87. The van der Waals surface area contributed by atoms with Gasteiger partial charge in [-0.05, 0) is 31.2 Å². The second-order valence-corrected chi connectivity index (χ2v) is 8.58. The number of halogens is 1. The minimum absolute atomic E-state index is 0.142. The van der Waals surface area contributed by atoms with Crippen molar-refractivity contribution in [3.8, 4) is 0 Å². The molecule has 1 aliphatic heterocycles. The molecule has 0 N–H and O–H groups in total. The molecule has 146 valence electrons. The van der Waals surface area contributed by atoms with E-state index in [1.807, 2.05) is 43.1 Å². The first-order chi connectivity index (χ1) is 13.5. The number of nitrogens with zero attached hydrogens (tertiary/aromatic N) is 6. The monoisotopic (exact) mass is 416 g/mol. The Kier molecular flexibility index (Phi) is 5.41. The van der Waals surface area contributed by atoms with Crippen molar-refractivity contribution in [1.82, 2.24) is 24.6 Å². The van der Waals surface area contributed by atoms with Crippen LogP contribution >= 0.6 is 23.4 Å². The molecule has 1 fully saturated rings. The lowest BCUT2D eigenvalue weighted by molar-refractivity contribution is -0.130. The summed E-state index contributed by atoms with van der Waals surface area (Å²) >= 11 is 7.49. The van der Waals surface area contributed by atoms with E-state index in [4.69, 9.17) is 11.6 Å². The Labute approximate surface area is 172 Å². The smallest absolute Gasteiger partial charge is 0.235 e. The van der Waals surface area contributed by atoms with Crippen LogP contribution in [0.1, 0.15) is 6.92 Å². The minimum Gasteiger partial charge on any atom is -0.352 e. The molecular weight excluding hydrogens is 396 g/mol. The van der Waals surface area contributed by atoms with Gasteiger partial charge >= 0.3 is 0 Å². The fourth-order valence-electron chi connectivity index (χ4n) is 3.37. The first kappa shape index (κ1) is 19.0. The highest BCUT2D eigenvalue weighted by molar-refractivity contribution is 8.00. The Morgan fingerprint density at radius 2 is 1.86 bits per heavy atom. The number of aromatic nitrogens is 4. The molecule has 28 heavy (non-hydrogen) atoms. The Morgan fingerprint density at radius 3 is 2.57 bits per heavy atom. The molecule has 4 rings (SSSR count). The molecule has 1 saturated heterocycles. The van der Waals surface area contributed by atoms with E-state index < -0.39 is 0 Å². The van der Waals surface area contributed by atoms with Gasteiger partial charge in [0.1, 0.15) is 12.1 Å². The van der Waals surface area contributed by atoms with Gasteiger partial charge < -0.3 is 9.80 Å².